The Morgan fingerprint density at radius 2 is 1.87 bits per heavy atom. The number of nitrogens with zero attached hydrogens (tertiary/aromatic N) is 4. The van der Waals surface area contributed by atoms with Gasteiger partial charge in [-0.1, -0.05) is 41.9 Å². The number of methoxy groups -OCH3 is 1. The molecule has 1 aliphatic heterocycles. The third-order valence-electron chi connectivity index (χ3n) is 9.00. The van der Waals surface area contributed by atoms with Gasteiger partial charge >= 0.3 is 0 Å². The minimum absolute atomic E-state index is 0.119. The molecule has 0 spiro atoms. The van der Waals surface area contributed by atoms with E-state index in [1.54, 1.807) is 7.11 Å². The summed E-state index contributed by atoms with van der Waals surface area (Å²) >= 11 is 6.43. The summed E-state index contributed by atoms with van der Waals surface area (Å²) < 4.78 is 19.5. The minimum atomic E-state index is -0.364. The predicted molar refractivity (Wildman–Crippen MR) is 174 cm³/mol. The van der Waals surface area contributed by atoms with E-state index in [-0.39, 0.29) is 47.0 Å². The molecular weight excluding hydrogens is 608 g/mol. The molecule has 10 nitrogen and oxygen atoms in total. The highest BCUT2D eigenvalue weighted by molar-refractivity contribution is 6.34. The number of hydrogen-bond donors (Lipinski definition) is 2. The lowest BCUT2D eigenvalue weighted by Crippen LogP contribution is -2.22. The van der Waals surface area contributed by atoms with Crippen molar-refractivity contribution in [1.29, 1.82) is 0 Å². The van der Waals surface area contributed by atoms with Gasteiger partial charge in [-0.3, -0.25) is 9.69 Å². The SMILES string of the molecule is COc1nc(O[C@H]2CCc3c(-c4cccc(-c5nc6c(=O)n(CCO)cc(Cl)c6o5)c4C)cccc32)ccc1CN1CC[C@@H](O)C1. The van der Waals surface area contributed by atoms with Crippen LogP contribution in [0.5, 0.6) is 11.8 Å². The number of β-amino-alcohol motifs (C(OH)–C–C–N with tert-alkyl or cyclic N) is 1. The van der Waals surface area contributed by atoms with E-state index in [0.29, 0.717) is 30.7 Å². The van der Waals surface area contributed by atoms with Gasteiger partial charge < -0.3 is 28.7 Å². The molecule has 7 rings (SSSR count). The maximum Gasteiger partial charge on any atom is 0.280 e. The van der Waals surface area contributed by atoms with Crippen molar-refractivity contribution in [1.82, 2.24) is 19.4 Å². The van der Waals surface area contributed by atoms with E-state index in [1.165, 1.54) is 16.3 Å². The van der Waals surface area contributed by atoms with Gasteiger partial charge in [0.1, 0.15) is 11.1 Å². The van der Waals surface area contributed by atoms with E-state index in [1.807, 2.05) is 37.3 Å². The smallest absolute Gasteiger partial charge is 0.280 e. The number of aromatic nitrogens is 3. The van der Waals surface area contributed by atoms with Crippen LogP contribution in [0.25, 0.3) is 33.7 Å². The lowest BCUT2D eigenvalue weighted by Gasteiger charge is -2.19. The van der Waals surface area contributed by atoms with Crippen LogP contribution in [-0.2, 0) is 19.5 Å². The van der Waals surface area contributed by atoms with Crippen molar-refractivity contribution in [3.05, 3.63) is 92.4 Å². The summed E-state index contributed by atoms with van der Waals surface area (Å²) in [6.07, 6.45) is 3.47. The Bertz CT molecular complexity index is 1990. The molecule has 0 unspecified atom stereocenters. The number of benzene rings is 2. The first-order valence-corrected chi connectivity index (χ1v) is 15.9. The molecule has 0 amide bonds. The maximum absolute atomic E-state index is 12.9. The van der Waals surface area contributed by atoms with E-state index >= 15 is 0 Å². The van der Waals surface area contributed by atoms with Gasteiger partial charge in [-0.05, 0) is 66.1 Å². The molecule has 1 fully saturated rings. The quantitative estimate of drug-likeness (QED) is 0.220. The third-order valence-corrected chi connectivity index (χ3v) is 9.27. The number of pyridine rings is 2. The van der Waals surface area contributed by atoms with Crippen LogP contribution >= 0.6 is 11.6 Å². The van der Waals surface area contributed by atoms with Crippen LogP contribution in [0.1, 0.15) is 41.2 Å². The first-order valence-electron chi connectivity index (χ1n) is 15.5. The van der Waals surface area contributed by atoms with Gasteiger partial charge in [-0.2, -0.15) is 4.98 Å². The molecule has 2 aromatic carbocycles. The second-order valence-electron chi connectivity index (χ2n) is 11.9. The molecule has 0 saturated carbocycles. The number of rotatable bonds is 9. The summed E-state index contributed by atoms with van der Waals surface area (Å²) in [5, 5.41) is 19.5. The van der Waals surface area contributed by atoms with Gasteiger partial charge in [0.25, 0.3) is 5.56 Å². The van der Waals surface area contributed by atoms with Crippen LogP contribution in [0, 0.1) is 6.92 Å². The van der Waals surface area contributed by atoms with Gasteiger partial charge in [-0.15, -0.1) is 0 Å². The zero-order chi connectivity index (χ0) is 31.9. The summed E-state index contributed by atoms with van der Waals surface area (Å²) in [6, 6.07) is 16.1. The molecule has 11 heteroatoms. The van der Waals surface area contributed by atoms with Crippen LogP contribution in [0.15, 0.2) is 63.9 Å². The minimum Gasteiger partial charge on any atom is -0.481 e. The van der Waals surface area contributed by atoms with Crippen LogP contribution in [-0.4, -0.2) is 62.6 Å². The number of likely N-dealkylation sites (tertiary alicyclic amines) is 1. The summed E-state index contributed by atoms with van der Waals surface area (Å²) in [5.74, 6) is 1.36. The molecule has 2 atom stereocenters. The number of aliphatic hydroxyl groups excluding tert-OH is 2. The number of aliphatic hydroxyl groups is 2. The van der Waals surface area contributed by atoms with Gasteiger partial charge in [-0.25, -0.2) is 4.98 Å². The van der Waals surface area contributed by atoms with Crippen molar-refractivity contribution in [2.75, 3.05) is 26.8 Å². The predicted octanol–water partition coefficient (Wildman–Crippen LogP) is 5.31. The van der Waals surface area contributed by atoms with Gasteiger partial charge in [0, 0.05) is 49.6 Å². The van der Waals surface area contributed by atoms with Crippen molar-refractivity contribution in [2.24, 2.45) is 0 Å². The van der Waals surface area contributed by atoms with Crippen LogP contribution in [0.2, 0.25) is 5.02 Å². The van der Waals surface area contributed by atoms with E-state index in [0.717, 1.165) is 59.2 Å². The van der Waals surface area contributed by atoms with Gasteiger partial charge in [0.05, 0.1) is 19.8 Å². The van der Waals surface area contributed by atoms with E-state index < -0.39 is 0 Å². The molecular formula is C35H35ClN4O6. The lowest BCUT2D eigenvalue weighted by atomic mass is 9.91. The number of hydrogen-bond acceptors (Lipinski definition) is 9. The second kappa shape index (κ2) is 12.5. The Kier molecular flexibility index (Phi) is 8.29. The number of fused-ring (bicyclic) bond motifs is 2. The normalized spacial score (nSPS) is 17.9. The van der Waals surface area contributed by atoms with E-state index in [4.69, 9.17) is 25.5 Å². The average Bonchev–Trinajstić information content (AvgIpc) is 3.80. The fourth-order valence-corrected chi connectivity index (χ4v) is 6.96. The molecule has 238 valence electrons. The lowest BCUT2D eigenvalue weighted by molar-refractivity contribution is 0.174. The van der Waals surface area contributed by atoms with E-state index in [9.17, 15) is 15.0 Å². The highest BCUT2D eigenvalue weighted by Gasteiger charge is 2.29. The number of ether oxygens (including phenoxy) is 2. The van der Waals surface area contributed by atoms with Crippen LogP contribution in [0.4, 0.5) is 0 Å². The van der Waals surface area contributed by atoms with Crippen molar-refractivity contribution >= 4 is 22.7 Å². The zero-order valence-electron chi connectivity index (χ0n) is 25.7. The average molecular weight is 643 g/mol. The first kappa shape index (κ1) is 30.4. The molecule has 2 N–H and O–H groups in total. The standard InChI is InChI=1S/C35H35ClN4O6/c1-20-23(5-3-6-24(20)34-38-31-32(46-34)28(36)19-40(15-16-41)35(31)43)25-7-4-8-27-26(25)10-11-29(27)45-30-12-9-21(33(37-30)44-2)17-39-14-13-22(42)18-39/h3-9,12,19,22,29,41-42H,10-11,13-18H2,1-2H3/t22-,29+/m1/s1. The summed E-state index contributed by atoms with van der Waals surface area (Å²) in [5.41, 5.74) is 7.18. The Morgan fingerprint density at radius 1 is 1.07 bits per heavy atom. The molecule has 3 aromatic heterocycles. The third kappa shape index (κ3) is 5.55. The first-order chi connectivity index (χ1) is 22.3. The van der Waals surface area contributed by atoms with Crippen molar-refractivity contribution in [3.63, 3.8) is 0 Å². The Balaban J connectivity index is 1.17. The largest absolute Gasteiger partial charge is 0.481 e. The van der Waals surface area contributed by atoms with Crippen LogP contribution < -0.4 is 15.0 Å². The molecule has 46 heavy (non-hydrogen) atoms. The molecule has 1 saturated heterocycles. The Labute approximate surface area is 270 Å². The second-order valence-corrected chi connectivity index (χ2v) is 12.3. The Hall–Kier alpha value is -4.22. The van der Waals surface area contributed by atoms with Crippen molar-refractivity contribution < 1.29 is 24.1 Å². The molecule has 0 bridgehead atoms. The van der Waals surface area contributed by atoms with Gasteiger partial charge in [0.15, 0.2) is 11.1 Å². The highest BCUT2D eigenvalue weighted by Crippen LogP contribution is 2.42. The number of halogens is 1. The topological polar surface area (TPSA) is 123 Å². The highest BCUT2D eigenvalue weighted by atomic mass is 35.5. The molecule has 2 aliphatic rings. The van der Waals surface area contributed by atoms with Crippen molar-refractivity contribution in [3.8, 4) is 34.3 Å². The molecule has 0 radical (unpaired) electrons. The summed E-state index contributed by atoms with van der Waals surface area (Å²) in [7, 11) is 1.62. The van der Waals surface area contributed by atoms with Crippen LogP contribution in [0.3, 0.4) is 0 Å². The molecule has 4 heterocycles. The fourth-order valence-electron chi connectivity index (χ4n) is 6.71. The zero-order valence-corrected chi connectivity index (χ0v) is 26.5. The number of oxazole rings is 1. The van der Waals surface area contributed by atoms with E-state index in [2.05, 4.69) is 33.1 Å². The maximum atomic E-state index is 12.9. The Morgan fingerprint density at radius 3 is 2.65 bits per heavy atom. The molecule has 5 aromatic rings. The summed E-state index contributed by atoms with van der Waals surface area (Å²) in [4.78, 5) is 24.4. The summed E-state index contributed by atoms with van der Waals surface area (Å²) in [6.45, 7) is 4.12. The van der Waals surface area contributed by atoms with Gasteiger partial charge in [0.2, 0.25) is 17.7 Å². The fraction of sp³-hybridized carbons (Fsp3) is 0.343. The molecule has 1 aliphatic carbocycles. The monoisotopic (exact) mass is 642 g/mol. The van der Waals surface area contributed by atoms with Crippen molar-refractivity contribution in [2.45, 2.75) is 51.5 Å².